The number of hydrogen-bond donors (Lipinski definition) is 0. The van der Waals surface area contributed by atoms with Gasteiger partial charge in [0.05, 0.1) is 17.7 Å². The fourth-order valence-electron chi connectivity index (χ4n) is 1.92. The van der Waals surface area contributed by atoms with Crippen LogP contribution in [0, 0.1) is 0 Å². The summed E-state index contributed by atoms with van der Waals surface area (Å²) in [6.07, 6.45) is 2.47. The maximum absolute atomic E-state index is 12.3. The molecule has 0 fully saturated rings. The molecular formula is C13H9N3O4S. The number of fused-ring (bicyclic) bond motifs is 1. The van der Waals surface area contributed by atoms with Crippen molar-refractivity contribution in [2.45, 2.75) is 6.92 Å². The van der Waals surface area contributed by atoms with Gasteiger partial charge < -0.3 is 4.74 Å². The molecule has 1 aliphatic rings. The van der Waals surface area contributed by atoms with E-state index in [2.05, 4.69) is 10.3 Å². The van der Waals surface area contributed by atoms with Gasteiger partial charge in [-0.05, 0) is 18.4 Å². The van der Waals surface area contributed by atoms with Gasteiger partial charge in [0, 0.05) is 11.6 Å². The molecule has 0 radical (unpaired) electrons. The van der Waals surface area contributed by atoms with Gasteiger partial charge in [-0.2, -0.15) is 0 Å². The number of rotatable bonds is 3. The highest BCUT2D eigenvalue weighted by Gasteiger charge is 2.29. The Morgan fingerprint density at radius 3 is 3.00 bits per heavy atom. The van der Waals surface area contributed by atoms with Crippen molar-refractivity contribution in [1.82, 2.24) is 15.0 Å². The Hall–Kier alpha value is -2.61. The summed E-state index contributed by atoms with van der Waals surface area (Å²) < 4.78 is 5.91. The number of thiophene rings is 1. The molecule has 106 valence electrons. The summed E-state index contributed by atoms with van der Waals surface area (Å²) in [5.41, 5.74) is 0.388. The van der Waals surface area contributed by atoms with Gasteiger partial charge in [0.25, 0.3) is 0 Å². The summed E-state index contributed by atoms with van der Waals surface area (Å²) in [7, 11) is 0. The SMILES string of the molecule is CCOC(=O)c1cn(C2=CC(=O)c3sccc3C2=O)nn1. The van der Waals surface area contributed by atoms with Crippen LogP contribution >= 0.6 is 11.3 Å². The van der Waals surface area contributed by atoms with Gasteiger partial charge in [0.1, 0.15) is 5.70 Å². The molecule has 0 unspecified atom stereocenters. The van der Waals surface area contributed by atoms with Crippen molar-refractivity contribution < 1.29 is 19.1 Å². The molecule has 0 aliphatic heterocycles. The van der Waals surface area contributed by atoms with E-state index in [9.17, 15) is 14.4 Å². The lowest BCUT2D eigenvalue weighted by Gasteiger charge is -2.10. The predicted molar refractivity (Wildman–Crippen MR) is 73.2 cm³/mol. The molecule has 0 atom stereocenters. The molecule has 2 aromatic rings. The molecule has 0 aromatic carbocycles. The van der Waals surface area contributed by atoms with Crippen LogP contribution in [-0.4, -0.2) is 39.1 Å². The van der Waals surface area contributed by atoms with E-state index in [0.29, 0.717) is 10.4 Å². The van der Waals surface area contributed by atoms with E-state index in [-0.39, 0.29) is 29.6 Å². The highest BCUT2D eigenvalue weighted by atomic mass is 32.1. The van der Waals surface area contributed by atoms with Crippen molar-refractivity contribution in [3.05, 3.63) is 39.9 Å². The van der Waals surface area contributed by atoms with Crippen molar-refractivity contribution in [2.24, 2.45) is 0 Å². The van der Waals surface area contributed by atoms with Crippen molar-refractivity contribution in [3.8, 4) is 0 Å². The van der Waals surface area contributed by atoms with Crippen LogP contribution in [0.15, 0.2) is 23.7 Å². The fourth-order valence-corrected chi connectivity index (χ4v) is 2.73. The summed E-state index contributed by atoms with van der Waals surface area (Å²) in [4.78, 5) is 36.2. The lowest BCUT2D eigenvalue weighted by atomic mass is 10.0. The molecule has 0 saturated carbocycles. The molecule has 21 heavy (non-hydrogen) atoms. The van der Waals surface area contributed by atoms with Crippen LogP contribution in [0.1, 0.15) is 37.4 Å². The van der Waals surface area contributed by atoms with E-state index in [1.54, 1.807) is 18.4 Å². The molecule has 0 spiro atoms. The molecule has 7 nitrogen and oxygen atoms in total. The third kappa shape index (κ3) is 2.19. The highest BCUT2D eigenvalue weighted by molar-refractivity contribution is 7.12. The number of esters is 1. The van der Waals surface area contributed by atoms with Crippen LogP contribution in [0.2, 0.25) is 0 Å². The van der Waals surface area contributed by atoms with Crippen LogP contribution in [0.3, 0.4) is 0 Å². The summed E-state index contributed by atoms with van der Waals surface area (Å²) in [5, 5.41) is 9.05. The summed E-state index contributed by atoms with van der Waals surface area (Å²) in [6, 6.07) is 1.59. The van der Waals surface area contributed by atoms with Crippen LogP contribution in [0.5, 0.6) is 0 Å². The number of nitrogens with zero attached hydrogens (tertiary/aromatic N) is 3. The normalized spacial score (nSPS) is 13.9. The second kappa shape index (κ2) is 5.06. The molecule has 8 heteroatoms. The van der Waals surface area contributed by atoms with Gasteiger partial charge in [0.15, 0.2) is 11.5 Å². The molecule has 1 aliphatic carbocycles. The molecule has 0 amide bonds. The minimum Gasteiger partial charge on any atom is -0.461 e. The predicted octanol–water partition coefficient (Wildman–Crippen LogP) is 1.44. The standard InChI is InChI=1S/C13H9N3O4S/c1-2-20-13(19)8-6-16(15-14-8)9-5-10(17)12-7(11(9)18)3-4-21-12/h3-6H,2H2,1H3. The molecule has 0 bridgehead atoms. The number of carbonyl (C=O) groups is 3. The smallest absolute Gasteiger partial charge is 0.360 e. The molecule has 2 aromatic heterocycles. The first-order valence-electron chi connectivity index (χ1n) is 6.10. The monoisotopic (exact) mass is 303 g/mol. The number of carbonyl (C=O) groups excluding carboxylic acids is 3. The third-order valence-electron chi connectivity index (χ3n) is 2.86. The van der Waals surface area contributed by atoms with Gasteiger partial charge in [-0.3, -0.25) is 9.59 Å². The number of ether oxygens (including phenoxy) is 1. The zero-order chi connectivity index (χ0) is 15.0. The minimum absolute atomic E-state index is 0.0193. The zero-order valence-corrected chi connectivity index (χ0v) is 11.7. The molecule has 2 heterocycles. The maximum atomic E-state index is 12.3. The third-order valence-corrected chi connectivity index (χ3v) is 3.79. The van der Waals surface area contributed by atoms with Gasteiger partial charge in [-0.25, -0.2) is 9.48 Å². The van der Waals surface area contributed by atoms with Crippen LogP contribution in [0.4, 0.5) is 0 Å². The van der Waals surface area contributed by atoms with Crippen LogP contribution in [0.25, 0.3) is 5.70 Å². The van der Waals surface area contributed by atoms with Crippen molar-refractivity contribution >= 4 is 34.6 Å². The summed E-state index contributed by atoms with van der Waals surface area (Å²) >= 11 is 1.22. The second-order valence-corrected chi connectivity index (χ2v) is 5.07. The largest absolute Gasteiger partial charge is 0.461 e. The van der Waals surface area contributed by atoms with Crippen molar-refractivity contribution in [2.75, 3.05) is 6.61 Å². The number of allylic oxidation sites excluding steroid dienone is 2. The minimum atomic E-state index is -0.629. The van der Waals surface area contributed by atoms with Crippen molar-refractivity contribution in [1.29, 1.82) is 0 Å². The number of aromatic nitrogens is 3. The Labute approximate surface area is 122 Å². The summed E-state index contributed by atoms with van der Waals surface area (Å²) in [5.74, 6) is -1.22. The van der Waals surface area contributed by atoms with E-state index < -0.39 is 5.97 Å². The first-order valence-corrected chi connectivity index (χ1v) is 6.98. The van der Waals surface area contributed by atoms with Gasteiger partial charge in [-0.15, -0.1) is 16.4 Å². The number of Topliss-reactive ketones (excluding diaryl/α,β-unsaturated/α-hetero) is 1. The Kier molecular flexibility index (Phi) is 3.22. The van der Waals surface area contributed by atoms with Gasteiger partial charge >= 0.3 is 5.97 Å². The van der Waals surface area contributed by atoms with Gasteiger partial charge in [0.2, 0.25) is 5.78 Å². The van der Waals surface area contributed by atoms with E-state index in [1.807, 2.05) is 0 Å². The van der Waals surface area contributed by atoms with Crippen LogP contribution < -0.4 is 0 Å². The average Bonchev–Trinajstić information content (AvgIpc) is 3.11. The topological polar surface area (TPSA) is 91.2 Å². The maximum Gasteiger partial charge on any atom is 0.360 e. The molecule has 0 saturated heterocycles. The van der Waals surface area contributed by atoms with Crippen molar-refractivity contribution in [3.63, 3.8) is 0 Å². The Morgan fingerprint density at radius 2 is 2.24 bits per heavy atom. The molecule has 0 N–H and O–H groups in total. The second-order valence-electron chi connectivity index (χ2n) is 4.16. The Balaban J connectivity index is 1.96. The van der Waals surface area contributed by atoms with E-state index in [4.69, 9.17) is 4.74 Å². The Bertz CT molecular complexity index is 787. The number of ketones is 2. The lowest BCUT2D eigenvalue weighted by molar-refractivity contribution is 0.0519. The lowest BCUT2D eigenvalue weighted by Crippen LogP contribution is -2.18. The first-order chi connectivity index (χ1) is 10.1. The van der Waals surface area contributed by atoms with E-state index in [0.717, 1.165) is 4.68 Å². The number of hydrogen-bond acceptors (Lipinski definition) is 7. The average molecular weight is 303 g/mol. The van der Waals surface area contributed by atoms with Gasteiger partial charge in [-0.1, -0.05) is 5.21 Å². The quantitative estimate of drug-likeness (QED) is 0.797. The Morgan fingerprint density at radius 1 is 1.43 bits per heavy atom. The molecular weight excluding hydrogens is 294 g/mol. The van der Waals surface area contributed by atoms with E-state index >= 15 is 0 Å². The highest BCUT2D eigenvalue weighted by Crippen LogP contribution is 2.27. The summed E-state index contributed by atoms with van der Waals surface area (Å²) in [6.45, 7) is 1.89. The fraction of sp³-hybridized carbons (Fsp3) is 0.154. The van der Waals surface area contributed by atoms with Crippen LogP contribution in [-0.2, 0) is 4.74 Å². The zero-order valence-electron chi connectivity index (χ0n) is 10.9. The van der Waals surface area contributed by atoms with E-state index in [1.165, 1.54) is 23.6 Å². The molecule has 3 rings (SSSR count). The first kappa shape index (κ1) is 13.4.